The highest BCUT2D eigenvalue weighted by molar-refractivity contribution is 7.47. The molecule has 0 amide bonds. The van der Waals surface area contributed by atoms with Crippen LogP contribution < -0.4 is 0 Å². The summed E-state index contributed by atoms with van der Waals surface area (Å²) < 4.78 is 34.3. The Labute approximate surface area is 404 Å². The summed E-state index contributed by atoms with van der Waals surface area (Å²) in [6.07, 6.45) is 63.6. The molecular weight excluding hydrogens is 846 g/mol. The van der Waals surface area contributed by atoms with Crippen molar-refractivity contribution in [2.45, 2.75) is 200 Å². The minimum Gasteiger partial charge on any atom is -0.462 e. The highest BCUT2D eigenvalue weighted by atomic mass is 31.2. The molecule has 1 N–H and O–H groups in total. The average Bonchev–Trinajstić information content (AvgIpc) is 3.27. The van der Waals surface area contributed by atoms with Crippen molar-refractivity contribution in [3.8, 4) is 0 Å². The fourth-order valence-corrected chi connectivity index (χ4v) is 7.33. The molecule has 0 saturated heterocycles. The molecule has 10 heteroatoms. The van der Waals surface area contributed by atoms with Gasteiger partial charge in [0, 0.05) is 12.8 Å². The van der Waals surface area contributed by atoms with E-state index in [0.29, 0.717) is 23.9 Å². The smallest absolute Gasteiger partial charge is 0.462 e. The van der Waals surface area contributed by atoms with Gasteiger partial charge in [-0.05, 0) is 83.5 Å². The predicted octanol–water partition coefficient (Wildman–Crippen LogP) is 15.7. The first-order valence-electron chi connectivity index (χ1n) is 26.0. The van der Waals surface area contributed by atoms with Crippen molar-refractivity contribution in [2.75, 3.05) is 47.5 Å². The summed E-state index contributed by atoms with van der Waals surface area (Å²) >= 11 is 0. The van der Waals surface area contributed by atoms with Crippen LogP contribution in [0.3, 0.4) is 0 Å². The Balaban J connectivity index is 4.41. The van der Waals surface area contributed by atoms with E-state index in [9.17, 15) is 19.0 Å². The second-order valence-corrected chi connectivity index (χ2v) is 19.6. The van der Waals surface area contributed by atoms with Crippen molar-refractivity contribution >= 4 is 19.8 Å². The summed E-state index contributed by atoms with van der Waals surface area (Å²) in [5.41, 5.74) is 0. The van der Waals surface area contributed by atoms with Crippen molar-refractivity contribution in [2.24, 2.45) is 0 Å². The van der Waals surface area contributed by atoms with Crippen molar-refractivity contribution in [3.05, 3.63) is 97.2 Å². The van der Waals surface area contributed by atoms with Gasteiger partial charge >= 0.3 is 19.8 Å². The Morgan fingerprint density at radius 3 is 1.39 bits per heavy atom. The lowest BCUT2D eigenvalue weighted by atomic mass is 10.0. The van der Waals surface area contributed by atoms with E-state index in [1.54, 1.807) is 0 Å². The Hall–Kier alpha value is -3.07. The molecule has 0 aliphatic heterocycles. The van der Waals surface area contributed by atoms with Crippen molar-refractivity contribution < 1.29 is 42.1 Å². The lowest BCUT2D eigenvalue weighted by Crippen LogP contribution is -2.37. The lowest BCUT2D eigenvalue weighted by molar-refractivity contribution is -0.870. The second kappa shape index (κ2) is 47.0. The molecule has 9 nitrogen and oxygen atoms in total. The van der Waals surface area contributed by atoms with E-state index in [2.05, 4.69) is 98.9 Å². The Morgan fingerprint density at radius 2 is 0.909 bits per heavy atom. The molecule has 1 unspecified atom stereocenters. The summed E-state index contributed by atoms with van der Waals surface area (Å²) in [5, 5.41) is 0. The SMILES string of the molecule is CC/C=C/C/C=C/C/C=C/C/C=C/C/C=C/C/C=C/CCC(=O)OC[C@H](COP(=O)(O)OCC[N+](C)(C)C)OC(=O)CCC/C=C/CC/C=C/CCCCCCCCCCCCCCCC. The molecule has 0 spiro atoms. The number of carbonyl (C=O) groups is 2. The molecule has 0 aromatic rings. The number of carbonyl (C=O) groups excluding carboxylic acids is 2. The Bertz CT molecular complexity index is 1440. The summed E-state index contributed by atoms with van der Waals surface area (Å²) in [6.45, 7) is 4.18. The fraction of sp³-hybridized carbons (Fsp3) is 0.679. The van der Waals surface area contributed by atoms with Gasteiger partial charge in [0.25, 0.3) is 0 Å². The number of likely N-dealkylation sites (N-methyl/N-ethyl adjacent to an activating group) is 1. The van der Waals surface area contributed by atoms with E-state index in [0.717, 1.165) is 64.2 Å². The third-order valence-electron chi connectivity index (χ3n) is 10.6. The molecule has 0 heterocycles. The number of unbranched alkanes of at least 4 members (excludes halogenated alkanes) is 16. The summed E-state index contributed by atoms with van der Waals surface area (Å²) in [4.78, 5) is 35.5. The summed E-state index contributed by atoms with van der Waals surface area (Å²) in [6, 6.07) is 0. The summed E-state index contributed by atoms with van der Waals surface area (Å²) in [7, 11) is 1.40. The van der Waals surface area contributed by atoms with E-state index < -0.39 is 32.5 Å². The second-order valence-electron chi connectivity index (χ2n) is 18.2. The molecule has 66 heavy (non-hydrogen) atoms. The van der Waals surface area contributed by atoms with Gasteiger partial charge in [0.2, 0.25) is 0 Å². The van der Waals surface area contributed by atoms with Crippen LogP contribution in [-0.4, -0.2) is 74.9 Å². The van der Waals surface area contributed by atoms with E-state index in [1.165, 1.54) is 89.9 Å². The predicted molar refractivity (Wildman–Crippen MR) is 279 cm³/mol. The molecule has 0 aromatic carbocycles. The van der Waals surface area contributed by atoms with Gasteiger partial charge in [0.05, 0.1) is 27.7 Å². The average molecular weight is 943 g/mol. The molecule has 0 aliphatic carbocycles. The number of esters is 2. The van der Waals surface area contributed by atoms with Gasteiger partial charge in [-0.15, -0.1) is 0 Å². The zero-order chi connectivity index (χ0) is 48.5. The van der Waals surface area contributed by atoms with Gasteiger partial charge in [0.1, 0.15) is 19.8 Å². The quantitative estimate of drug-likeness (QED) is 0.0211. The lowest BCUT2D eigenvalue weighted by Gasteiger charge is -2.24. The largest absolute Gasteiger partial charge is 0.472 e. The molecule has 0 aliphatic rings. The van der Waals surface area contributed by atoms with Crippen LogP contribution in [0, 0.1) is 0 Å². The Morgan fingerprint density at radius 1 is 0.485 bits per heavy atom. The normalized spacial score (nSPS) is 14.2. The molecule has 0 bridgehead atoms. The van der Waals surface area contributed by atoms with E-state index in [1.807, 2.05) is 33.3 Å². The van der Waals surface area contributed by atoms with Crippen LogP contribution >= 0.6 is 7.82 Å². The highest BCUT2D eigenvalue weighted by Crippen LogP contribution is 2.43. The van der Waals surface area contributed by atoms with Gasteiger partial charge in [-0.2, -0.15) is 0 Å². The van der Waals surface area contributed by atoms with Crippen molar-refractivity contribution in [3.63, 3.8) is 0 Å². The zero-order valence-electron chi connectivity index (χ0n) is 42.6. The monoisotopic (exact) mass is 943 g/mol. The fourth-order valence-electron chi connectivity index (χ4n) is 6.59. The number of nitrogens with zero attached hydrogens (tertiary/aromatic N) is 1. The number of ether oxygens (including phenoxy) is 2. The van der Waals surface area contributed by atoms with Crippen LogP contribution in [0.15, 0.2) is 97.2 Å². The van der Waals surface area contributed by atoms with Crippen LogP contribution in [0.4, 0.5) is 0 Å². The van der Waals surface area contributed by atoms with Crippen molar-refractivity contribution in [1.82, 2.24) is 0 Å². The first kappa shape index (κ1) is 62.9. The molecule has 378 valence electrons. The molecule has 0 radical (unpaired) electrons. The van der Waals surface area contributed by atoms with Crippen molar-refractivity contribution in [1.29, 1.82) is 0 Å². The number of phosphoric acid groups is 1. The van der Waals surface area contributed by atoms with Gasteiger partial charge in [0.15, 0.2) is 6.10 Å². The minimum atomic E-state index is -4.41. The maximum atomic E-state index is 12.7. The van der Waals surface area contributed by atoms with Gasteiger partial charge in [-0.1, -0.05) is 195 Å². The number of rotatable bonds is 46. The number of phosphoric ester groups is 1. The Kier molecular flexibility index (Phi) is 44.8. The standard InChI is InChI=1S/C56H96NO8P/c1-6-8-10-12-14-16-18-20-22-24-26-27-28-29-31-33-35-37-39-41-43-45-47-49-56(59)65-54(53-64-66(60,61)63-51-50-57(3,4)5)52-62-55(58)48-46-44-42-40-38-36-34-32-30-25-23-21-19-17-15-13-11-9-7-2/h9,11,15,17,21,23,30,32-33,35-36,38,41-44,54H,6-8,10,12-14,16,18-20,22,24-29,31,34,37,39-40,45-53H2,1-5H3/p+1/b11-9+,17-15+,23-21+,32-30+,35-33+,38-36+,43-41+,44-42+/t54-/m1/s1. The molecule has 0 fully saturated rings. The van der Waals surface area contributed by atoms with Crippen LogP contribution in [0.25, 0.3) is 0 Å². The van der Waals surface area contributed by atoms with E-state index in [-0.39, 0.29) is 26.1 Å². The van der Waals surface area contributed by atoms with Crippen LogP contribution in [0.2, 0.25) is 0 Å². The summed E-state index contributed by atoms with van der Waals surface area (Å²) in [5.74, 6) is -0.951. The molecule has 2 atom stereocenters. The highest BCUT2D eigenvalue weighted by Gasteiger charge is 2.27. The molecule has 0 aromatic heterocycles. The number of quaternary nitrogens is 1. The molecule has 0 rings (SSSR count). The molecule has 0 saturated carbocycles. The maximum Gasteiger partial charge on any atom is 0.472 e. The zero-order valence-corrected chi connectivity index (χ0v) is 43.5. The van der Waals surface area contributed by atoms with Gasteiger partial charge < -0.3 is 18.9 Å². The van der Waals surface area contributed by atoms with Gasteiger partial charge in [-0.25, -0.2) is 4.57 Å². The van der Waals surface area contributed by atoms with Crippen LogP contribution in [-0.2, 0) is 32.7 Å². The van der Waals surface area contributed by atoms with Gasteiger partial charge in [-0.3, -0.25) is 18.6 Å². The molecular formula is C56H97NO8P+. The minimum absolute atomic E-state index is 0.00859. The van der Waals surface area contributed by atoms with E-state index >= 15 is 0 Å². The first-order valence-corrected chi connectivity index (χ1v) is 27.5. The third-order valence-corrected chi connectivity index (χ3v) is 11.6. The third kappa shape index (κ3) is 50.3. The number of allylic oxidation sites excluding steroid dienone is 16. The maximum absolute atomic E-state index is 12.7. The number of hydrogen-bond donors (Lipinski definition) is 1. The first-order chi connectivity index (χ1) is 32.0. The van der Waals surface area contributed by atoms with Crippen LogP contribution in [0.1, 0.15) is 194 Å². The van der Waals surface area contributed by atoms with Crippen LogP contribution in [0.5, 0.6) is 0 Å². The number of hydrogen-bond acceptors (Lipinski definition) is 7. The topological polar surface area (TPSA) is 108 Å². The van der Waals surface area contributed by atoms with E-state index in [4.69, 9.17) is 18.5 Å².